The summed E-state index contributed by atoms with van der Waals surface area (Å²) in [5.41, 5.74) is 3.03. The van der Waals surface area contributed by atoms with Gasteiger partial charge < -0.3 is 15.2 Å². The molecular weight excluding hydrogens is 250 g/mol. The fourth-order valence-corrected chi connectivity index (χ4v) is 2.21. The van der Waals surface area contributed by atoms with Gasteiger partial charge in [-0.05, 0) is 37.6 Å². The third-order valence-corrected chi connectivity index (χ3v) is 3.18. The highest BCUT2D eigenvalue weighted by molar-refractivity contribution is 5.49. The van der Waals surface area contributed by atoms with Crippen LogP contribution in [0.4, 0.5) is 5.69 Å². The van der Waals surface area contributed by atoms with E-state index >= 15 is 0 Å². The van der Waals surface area contributed by atoms with E-state index in [2.05, 4.69) is 18.3 Å². The van der Waals surface area contributed by atoms with Crippen molar-refractivity contribution in [1.29, 1.82) is 0 Å². The Bertz CT molecular complexity index is 554. The molecule has 0 fully saturated rings. The topological polar surface area (TPSA) is 41.5 Å². The van der Waals surface area contributed by atoms with E-state index in [0.717, 1.165) is 22.6 Å². The third-order valence-electron chi connectivity index (χ3n) is 3.18. The molecule has 2 aromatic carbocycles. The average Bonchev–Trinajstić information content (AvgIpc) is 2.48. The number of rotatable bonds is 6. The highest BCUT2D eigenvalue weighted by atomic mass is 16.5. The smallest absolute Gasteiger partial charge is 0.124 e. The van der Waals surface area contributed by atoms with E-state index in [9.17, 15) is 5.11 Å². The first-order valence-electron chi connectivity index (χ1n) is 6.92. The van der Waals surface area contributed by atoms with Crippen molar-refractivity contribution in [3.63, 3.8) is 0 Å². The summed E-state index contributed by atoms with van der Waals surface area (Å²) in [6.45, 7) is 4.80. The molecule has 106 valence electrons. The molecule has 0 saturated carbocycles. The van der Waals surface area contributed by atoms with Crippen molar-refractivity contribution in [2.45, 2.75) is 26.5 Å². The van der Waals surface area contributed by atoms with Crippen molar-refractivity contribution < 1.29 is 9.84 Å². The fraction of sp³-hybridized carbons (Fsp3) is 0.294. The number of para-hydroxylation sites is 1. The van der Waals surface area contributed by atoms with Crippen LogP contribution in [-0.4, -0.2) is 11.7 Å². The number of ether oxygens (including phenoxy) is 1. The molecule has 2 rings (SSSR count). The molecule has 0 aromatic heterocycles. The third kappa shape index (κ3) is 3.52. The van der Waals surface area contributed by atoms with Crippen LogP contribution in [-0.2, 0) is 6.61 Å². The van der Waals surface area contributed by atoms with E-state index in [-0.39, 0.29) is 12.6 Å². The zero-order valence-electron chi connectivity index (χ0n) is 12.0. The Kier molecular flexibility index (Phi) is 5.02. The zero-order valence-corrected chi connectivity index (χ0v) is 12.0. The first kappa shape index (κ1) is 14.4. The van der Waals surface area contributed by atoms with Gasteiger partial charge in [0.05, 0.1) is 19.3 Å². The molecule has 3 nitrogen and oxygen atoms in total. The Morgan fingerprint density at radius 2 is 1.95 bits per heavy atom. The predicted octanol–water partition coefficient (Wildman–Crippen LogP) is 3.75. The monoisotopic (exact) mass is 271 g/mol. The van der Waals surface area contributed by atoms with Gasteiger partial charge in [0, 0.05) is 11.3 Å². The predicted molar refractivity (Wildman–Crippen MR) is 82.0 cm³/mol. The molecule has 0 aliphatic heterocycles. The summed E-state index contributed by atoms with van der Waals surface area (Å²) in [7, 11) is 0. The first-order chi connectivity index (χ1) is 9.74. The van der Waals surface area contributed by atoms with Crippen LogP contribution >= 0.6 is 0 Å². The minimum atomic E-state index is 0.0550. The van der Waals surface area contributed by atoms with Gasteiger partial charge in [-0.2, -0.15) is 0 Å². The van der Waals surface area contributed by atoms with E-state index in [1.54, 1.807) is 0 Å². The van der Waals surface area contributed by atoms with Crippen molar-refractivity contribution in [3.8, 4) is 5.75 Å². The van der Waals surface area contributed by atoms with Gasteiger partial charge in [0.15, 0.2) is 0 Å². The lowest BCUT2D eigenvalue weighted by atomic mass is 10.1. The minimum Gasteiger partial charge on any atom is -0.494 e. The molecule has 2 aromatic rings. The number of anilines is 1. The van der Waals surface area contributed by atoms with Gasteiger partial charge in [-0.15, -0.1) is 0 Å². The van der Waals surface area contributed by atoms with Crippen LogP contribution in [0.25, 0.3) is 0 Å². The molecule has 0 saturated heterocycles. The van der Waals surface area contributed by atoms with Crippen molar-refractivity contribution in [3.05, 3.63) is 59.7 Å². The second-order valence-electron chi connectivity index (χ2n) is 4.70. The molecule has 0 aliphatic carbocycles. The molecule has 0 spiro atoms. The van der Waals surface area contributed by atoms with E-state index in [0.29, 0.717) is 6.61 Å². The molecule has 0 aliphatic rings. The maximum atomic E-state index is 9.18. The number of nitrogens with one attached hydrogen (secondary N) is 1. The van der Waals surface area contributed by atoms with Crippen molar-refractivity contribution in [2.24, 2.45) is 0 Å². The number of hydrogen-bond donors (Lipinski definition) is 2. The van der Waals surface area contributed by atoms with Gasteiger partial charge in [0.2, 0.25) is 0 Å². The lowest BCUT2D eigenvalue weighted by Gasteiger charge is -2.19. The minimum absolute atomic E-state index is 0.0550. The summed E-state index contributed by atoms with van der Waals surface area (Å²) < 4.78 is 5.66. The zero-order chi connectivity index (χ0) is 14.4. The van der Waals surface area contributed by atoms with Crippen LogP contribution < -0.4 is 10.1 Å². The molecule has 0 heterocycles. The Hall–Kier alpha value is -2.00. The van der Waals surface area contributed by atoms with Crippen LogP contribution in [0.1, 0.15) is 31.0 Å². The molecule has 0 amide bonds. The Balaban J connectivity index is 2.17. The van der Waals surface area contributed by atoms with Crippen molar-refractivity contribution in [2.75, 3.05) is 11.9 Å². The van der Waals surface area contributed by atoms with Gasteiger partial charge in [-0.1, -0.05) is 30.3 Å². The van der Waals surface area contributed by atoms with Crippen LogP contribution in [0.3, 0.4) is 0 Å². The van der Waals surface area contributed by atoms with E-state index in [4.69, 9.17) is 4.74 Å². The highest BCUT2D eigenvalue weighted by Crippen LogP contribution is 2.27. The standard InChI is InChI=1S/C17H21NO2/c1-3-20-17-10-5-4-9-16(17)13(2)18-15-8-6-7-14(11-15)12-19/h4-11,13,18-19H,3,12H2,1-2H3. The lowest BCUT2D eigenvalue weighted by molar-refractivity contribution is 0.282. The molecule has 0 bridgehead atoms. The molecule has 0 radical (unpaired) electrons. The quantitative estimate of drug-likeness (QED) is 0.840. The molecule has 2 N–H and O–H groups in total. The normalized spacial score (nSPS) is 11.9. The second-order valence-corrected chi connectivity index (χ2v) is 4.70. The molecular formula is C17H21NO2. The summed E-state index contributed by atoms with van der Waals surface area (Å²) in [6.07, 6.45) is 0. The Labute approximate surface area is 120 Å². The van der Waals surface area contributed by atoms with Gasteiger partial charge in [0.1, 0.15) is 5.75 Å². The Morgan fingerprint density at radius 3 is 2.70 bits per heavy atom. The van der Waals surface area contributed by atoms with Gasteiger partial charge >= 0.3 is 0 Å². The summed E-state index contributed by atoms with van der Waals surface area (Å²) in [5.74, 6) is 0.910. The van der Waals surface area contributed by atoms with Gasteiger partial charge in [-0.3, -0.25) is 0 Å². The summed E-state index contributed by atoms with van der Waals surface area (Å²) >= 11 is 0. The first-order valence-corrected chi connectivity index (χ1v) is 6.92. The van der Waals surface area contributed by atoms with Gasteiger partial charge in [-0.25, -0.2) is 0 Å². The SMILES string of the molecule is CCOc1ccccc1C(C)Nc1cccc(CO)c1. The average molecular weight is 271 g/mol. The molecule has 1 unspecified atom stereocenters. The molecule has 20 heavy (non-hydrogen) atoms. The lowest BCUT2D eigenvalue weighted by Crippen LogP contribution is -2.09. The number of aliphatic hydroxyl groups is 1. The molecule has 3 heteroatoms. The number of hydrogen-bond acceptors (Lipinski definition) is 3. The van der Waals surface area contributed by atoms with Crippen molar-refractivity contribution >= 4 is 5.69 Å². The summed E-state index contributed by atoms with van der Waals surface area (Å²) in [5, 5.41) is 12.6. The van der Waals surface area contributed by atoms with E-state index in [1.807, 2.05) is 49.4 Å². The summed E-state index contributed by atoms with van der Waals surface area (Å²) in [6, 6.07) is 16.0. The van der Waals surface area contributed by atoms with Crippen LogP contribution in [0.5, 0.6) is 5.75 Å². The fourth-order valence-electron chi connectivity index (χ4n) is 2.21. The maximum Gasteiger partial charge on any atom is 0.124 e. The number of aliphatic hydroxyl groups excluding tert-OH is 1. The van der Waals surface area contributed by atoms with Crippen molar-refractivity contribution in [1.82, 2.24) is 0 Å². The molecule has 1 atom stereocenters. The van der Waals surface area contributed by atoms with Crippen LogP contribution in [0.15, 0.2) is 48.5 Å². The largest absolute Gasteiger partial charge is 0.494 e. The van der Waals surface area contributed by atoms with E-state index < -0.39 is 0 Å². The van der Waals surface area contributed by atoms with E-state index in [1.165, 1.54) is 0 Å². The highest BCUT2D eigenvalue weighted by Gasteiger charge is 2.11. The van der Waals surface area contributed by atoms with Gasteiger partial charge in [0.25, 0.3) is 0 Å². The van der Waals surface area contributed by atoms with Crippen LogP contribution in [0, 0.1) is 0 Å². The number of benzene rings is 2. The second kappa shape index (κ2) is 6.96. The maximum absolute atomic E-state index is 9.18. The van der Waals surface area contributed by atoms with Crippen LogP contribution in [0.2, 0.25) is 0 Å². The Morgan fingerprint density at radius 1 is 1.15 bits per heavy atom. The summed E-state index contributed by atoms with van der Waals surface area (Å²) in [4.78, 5) is 0.